The van der Waals surface area contributed by atoms with E-state index in [4.69, 9.17) is 4.98 Å². The van der Waals surface area contributed by atoms with Gasteiger partial charge in [-0.05, 0) is 30.5 Å². The quantitative estimate of drug-likeness (QED) is 0.509. The van der Waals surface area contributed by atoms with Crippen LogP contribution in [0.1, 0.15) is 49.3 Å². The molecule has 2 aromatic carbocycles. The van der Waals surface area contributed by atoms with E-state index in [1.165, 1.54) is 19.3 Å². The van der Waals surface area contributed by atoms with Crippen LogP contribution in [0.5, 0.6) is 0 Å². The van der Waals surface area contributed by atoms with E-state index in [1.54, 1.807) is 6.20 Å². The molecule has 1 saturated carbocycles. The molecule has 148 valence electrons. The molecule has 0 bridgehead atoms. The minimum absolute atomic E-state index is 0.0638. The summed E-state index contributed by atoms with van der Waals surface area (Å²) in [4.78, 5) is 22.2. The minimum Gasteiger partial charge on any atom is -0.309 e. The van der Waals surface area contributed by atoms with Gasteiger partial charge in [0, 0.05) is 16.0 Å². The van der Waals surface area contributed by atoms with Gasteiger partial charge in [0.1, 0.15) is 0 Å². The van der Waals surface area contributed by atoms with Gasteiger partial charge in [0.25, 0.3) is 0 Å². The van der Waals surface area contributed by atoms with Crippen LogP contribution in [0.3, 0.4) is 0 Å². The molecule has 0 saturated heterocycles. The third-order valence-corrected chi connectivity index (χ3v) is 5.93. The van der Waals surface area contributed by atoms with Crippen molar-refractivity contribution >= 4 is 27.7 Å². The first-order valence-corrected chi connectivity index (χ1v) is 10.9. The van der Waals surface area contributed by atoms with E-state index in [1.807, 2.05) is 54.6 Å². The van der Waals surface area contributed by atoms with E-state index in [9.17, 15) is 4.79 Å². The van der Waals surface area contributed by atoms with Crippen LogP contribution >= 0.6 is 15.9 Å². The summed E-state index contributed by atoms with van der Waals surface area (Å²) in [5.41, 5.74) is 3.80. The van der Waals surface area contributed by atoms with Crippen molar-refractivity contribution in [2.75, 3.05) is 5.32 Å². The Morgan fingerprint density at radius 1 is 1.00 bits per heavy atom. The van der Waals surface area contributed by atoms with Gasteiger partial charge in [-0.2, -0.15) is 0 Å². The highest BCUT2D eigenvalue weighted by Crippen LogP contribution is 2.35. The predicted molar refractivity (Wildman–Crippen MR) is 120 cm³/mol. The number of anilines is 1. The van der Waals surface area contributed by atoms with Crippen LogP contribution in [0.2, 0.25) is 0 Å². The van der Waals surface area contributed by atoms with Crippen LogP contribution in [0.25, 0.3) is 11.3 Å². The Bertz CT molecular complexity index is 967. The fraction of sp³-hybridized carbons (Fsp3) is 0.292. The lowest BCUT2D eigenvalue weighted by Crippen LogP contribution is -2.19. The van der Waals surface area contributed by atoms with Gasteiger partial charge in [-0.3, -0.25) is 4.79 Å². The molecule has 1 heterocycles. The summed E-state index contributed by atoms with van der Waals surface area (Å²) in [6, 6.07) is 17.9. The van der Waals surface area contributed by atoms with Crippen molar-refractivity contribution in [1.82, 2.24) is 9.97 Å². The van der Waals surface area contributed by atoms with Crippen LogP contribution in [0, 0.1) is 0 Å². The number of carbonyl (C=O) groups excluding carboxylic acids is 1. The maximum atomic E-state index is 12.7. The zero-order valence-corrected chi connectivity index (χ0v) is 17.9. The second-order valence-corrected chi connectivity index (χ2v) is 8.46. The van der Waals surface area contributed by atoms with Crippen LogP contribution in [0.15, 0.2) is 65.3 Å². The Balaban J connectivity index is 1.59. The molecule has 0 unspecified atom stereocenters. The molecule has 1 N–H and O–H groups in total. The number of carbonyl (C=O) groups is 1. The maximum Gasteiger partial charge on any atom is 0.229 e. The molecular formula is C24H24BrN3O. The summed E-state index contributed by atoms with van der Waals surface area (Å²) in [5.74, 6) is 0.896. The highest BCUT2D eigenvalue weighted by Gasteiger charge is 2.23. The number of amides is 1. The number of aromatic nitrogens is 2. The van der Waals surface area contributed by atoms with Crippen LogP contribution in [-0.2, 0) is 11.2 Å². The standard InChI is InChI=1S/C24H24BrN3O/c25-20-13-11-17(12-14-20)15-22(29)28-24-23(19-9-5-2-6-10-19)27-21(16-26-24)18-7-3-1-4-8-18/h1,3-4,7-8,11-14,16,19H,2,5-6,9-10,15H2,(H,26,28,29). The van der Waals surface area contributed by atoms with Crippen molar-refractivity contribution in [3.8, 4) is 11.3 Å². The van der Waals surface area contributed by atoms with Gasteiger partial charge in [-0.1, -0.05) is 77.7 Å². The first kappa shape index (κ1) is 19.8. The van der Waals surface area contributed by atoms with Gasteiger partial charge < -0.3 is 5.32 Å². The summed E-state index contributed by atoms with van der Waals surface area (Å²) in [7, 11) is 0. The smallest absolute Gasteiger partial charge is 0.229 e. The molecule has 3 aromatic rings. The highest BCUT2D eigenvalue weighted by molar-refractivity contribution is 9.10. The molecular weight excluding hydrogens is 426 g/mol. The third-order valence-electron chi connectivity index (χ3n) is 5.40. The zero-order valence-electron chi connectivity index (χ0n) is 16.3. The minimum atomic E-state index is -0.0638. The van der Waals surface area contributed by atoms with Crippen molar-refractivity contribution in [3.63, 3.8) is 0 Å². The number of halogens is 1. The molecule has 4 nitrogen and oxygen atoms in total. The van der Waals surface area contributed by atoms with E-state index in [0.717, 1.165) is 39.8 Å². The topological polar surface area (TPSA) is 54.9 Å². The second-order valence-electron chi connectivity index (χ2n) is 7.54. The Kier molecular flexibility index (Phi) is 6.35. The largest absolute Gasteiger partial charge is 0.309 e. The van der Waals surface area contributed by atoms with Crippen molar-refractivity contribution < 1.29 is 4.79 Å². The average molecular weight is 450 g/mol. The summed E-state index contributed by atoms with van der Waals surface area (Å²) in [5, 5.41) is 3.03. The van der Waals surface area contributed by atoms with Gasteiger partial charge in [0.05, 0.1) is 24.0 Å². The van der Waals surface area contributed by atoms with E-state index in [0.29, 0.717) is 18.2 Å². The van der Waals surface area contributed by atoms with E-state index in [-0.39, 0.29) is 5.91 Å². The van der Waals surface area contributed by atoms with E-state index in [2.05, 4.69) is 26.2 Å². The van der Waals surface area contributed by atoms with Crippen molar-refractivity contribution in [1.29, 1.82) is 0 Å². The molecule has 29 heavy (non-hydrogen) atoms. The van der Waals surface area contributed by atoms with Crippen molar-refractivity contribution in [3.05, 3.63) is 76.5 Å². The van der Waals surface area contributed by atoms with Crippen molar-refractivity contribution in [2.24, 2.45) is 0 Å². The van der Waals surface area contributed by atoms with Gasteiger partial charge in [-0.25, -0.2) is 9.97 Å². The van der Waals surface area contributed by atoms with Gasteiger partial charge in [0.15, 0.2) is 5.82 Å². The van der Waals surface area contributed by atoms with Gasteiger partial charge in [-0.15, -0.1) is 0 Å². The summed E-state index contributed by atoms with van der Waals surface area (Å²) < 4.78 is 1.00. The second kappa shape index (κ2) is 9.31. The average Bonchev–Trinajstić information content (AvgIpc) is 2.77. The molecule has 4 rings (SSSR count). The molecule has 1 aliphatic rings. The van der Waals surface area contributed by atoms with Gasteiger partial charge in [0.2, 0.25) is 5.91 Å². The third kappa shape index (κ3) is 5.10. The van der Waals surface area contributed by atoms with Crippen LogP contribution in [0.4, 0.5) is 5.82 Å². The Labute approximate surface area is 179 Å². The van der Waals surface area contributed by atoms with Crippen LogP contribution in [-0.4, -0.2) is 15.9 Å². The molecule has 1 fully saturated rings. The molecule has 0 radical (unpaired) electrons. The molecule has 0 atom stereocenters. The Morgan fingerprint density at radius 3 is 2.45 bits per heavy atom. The SMILES string of the molecule is O=C(Cc1ccc(Br)cc1)Nc1ncc(-c2ccccc2)nc1C1CCCCC1. The summed E-state index contributed by atoms with van der Waals surface area (Å²) in [6.07, 6.45) is 7.96. The molecule has 0 aliphatic heterocycles. The first-order valence-electron chi connectivity index (χ1n) is 10.2. The number of hydrogen-bond donors (Lipinski definition) is 1. The number of hydrogen-bond acceptors (Lipinski definition) is 3. The lowest BCUT2D eigenvalue weighted by molar-refractivity contribution is -0.115. The van der Waals surface area contributed by atoms with Gasteiger partial charge >= 0.3 is 0 Å². The molecule has 0 spiro atoms. The molecule has 1 amide bonds. The van der Waals surface area contributed by atoms with E-state index >= 15 is 0 Å². The Hall–Kier alpha value is -2.53. The van der Waals surface area contributed by atoms with Crippen molar-refractivity contribution in [2.45, 2.75) is 44.4 Å². The lowest BCUT2D eigenvalue weighted by atomic mass is 9.86. The number of nitrogens with zero attached hydrogens (tertiary/aromatic N) is 2. The normalized spacial score (nSPS) is 14.5. The zero-order chi connectivity index (χ0) is 20.1. The molecule has 5 heteroatoms. The highest BCUT2D eigenvalue weighted by atomic mass is 79.9. The number of rotatable bonds is 5. The summed E-state index contributed by atoms with van der Waals surface area (Å²) >= 11 is 3.43. The Morgan fingerprint density at radius 2 is 1.72 bits per heavy atom. The fourth-order valence-electron chi connectivity index (χ4n) is 3.87. The summed E-state index contributed by atoms with van der Waals surface area (Å²) in [6.45, 7) is 0. The van der Waals surface area contributed by atoms with Crippen LogP contribution < -0.4 is 5.32 Å². The monoisotopic (exact) mass is 449 g/mol. The fourth-order valence-corrected chi connectivity index (χ4v) is 4.14. The maximum absolute atomic E-state index is 12.7. The number of benzene rings is 2. The number of nitrogens with one attached hydrogen (secondary N) is 1. The predicted octanol–water partition coefficient (Wildman–Crippen LogP) is 6.14. The molecule has 1 aliphatic carbocycles. The lowest BCUT2D eigenvalue weighted by Gasteiger charge is -2.23. The first-order chi connectivity index (χ1) is 14.2. The van der Waals surface area contributed by atoms with E-state index < -0.39 is 0 Å². The molecule has 1 aromatic heterocycles.